The van der Waals surface area contributed by atoms with Gasteiger partial charge in [0, 0.05) is 5.69 Å². The average Bonchev–Trinajstić information content (AvgIpc) is 2.89. The molecule has 108 valence electrons. The summed E-state index contributed by atoms with van der Waals surface area (Å²) in [7, 11) is 1.40. The first kappa shape index (κ1) is 13.7. The summed E-state index contributed by atoms with van der Waals surface area (Å²) in [5, 5.41) is 3.56. The summed E-state index contributed by atoms with van der Waals surface area (Å²) in [5.74, 6) is -0.302. The van der Waals surface area contributed by atoms with Gasteiger partial charge in [0.25, 0.3) is 0 Å². The quantitative estimate of drug-likeness (QED) is 0.868. The maximum Gasteiger partial charge on any atom is 0.337 e. The Morgan fingerprint density at radius 3 is 2.67 bits per heavy atom. The first-order chi connectivity index (χ1) is 10.2. The lowest BCUT2D eigenvalue weighted by Crippen LogP contribution is -2.08. The highest BCUT2D eigenvalue weighted by molar-refractivity contribution is 5.89. The molecular weight excluding hydrogens is 262 g/mol. The fourth-order valence-corrected chi connectivity index (χ4v) is 2.89. The van der Waals surface area contributed by atoms with Crippen molar-refractivity contribution in [3.05, 3.63) is 64.7 Å². The van der Waals surface area contributed by atoms with Crippen molar-refractivity contribution in [2.75, 3.05) is 12.4 Å². The van der Waals surface area contributed by atoms with Crippen LogP contribution in [0.2, 0.25) is 0 Å². The van der Waals surface area contributed by atoms with E-state index in [1.165, 1.54) is 23.8 Å². The lowest BCUT2D eigenvalue weighted by atomic mass is 10.0. The van der Waals surface area contributed by atoms with E-state index in [2.05, 4.69) is 30.4 Å². The molecule has 0 spiro atoms. The Bertz CT molecular complexity index is 661. The largest absolute Gasteiger partial charge is 0.465 e. The molecule has 2 aromatic rings. The Labute approximate surface area is 124 Å². The minimum absolute atomic E-state index is 0.302. The van der Waals surface area contributed by atoms with E-state index in [1.807, 2.05) is 12.1 Å². The molecule has 3 nitrogen and oxygen atoms in total. The van der Waals surface area contributed by atoms with Gasteiger partial charge in [-0.3, -0.25) is 0 Å². The number of benzene rings is 2. The van der Waals surface area contributed by atoms with Gasteiger partial charge in [-0.15, -0.1) is 0 Å². The summed E-state index contributed by atoms with van der Waals surface area (Å²) >= 11 is 0. The lowest BCUT2D eigenvalue weighted by molar-refractivity contribution is 0.0601. The van der Waals surface area contributed by atoms with Crippen molar-refractivity contribution in [1.29, 1.82) is 0 Å². The third kappa shape index (κ3) is 2.77. The molecule has 0 saturated heterocycles. The fraction of sp³-hybridized carbons (Fsp3) is 0.278. The van der Waals surface area contributed by atoms with Gasteiger partial charge in [0.1, 0.15) is 0 Å². The van der Waals surface area contributed by atoms with E-state index in [-0.39, 0.29) is 5.97 Å². The Kier molecular flexibility index (Phi) is 3.65. The number of methoxy groups -OCH3 is 1. The number of anilines is 1. The van der Waals surface area contributed by atoms with Crippen LogP contribution in [-0.2, 0) is 11.2 Å². The highest BCUT2D eigenvalue weighted by Gasteiger charge is 2.22. The van der Waals surface area contributed by atoms with Crippen molar-refractivity contribution >= 4 is 11.7 Å². The summed E-state index contributed by atoms with van der Waals surface area (Å²) in [4.78, 5) is 11.4. The number of hydrogen-bond acceptors (Lipinski definition) is 3. The Balaban J connectivity index is 1.77. The van der Waals surface area contributed by atoms with Gasteiger partial charge in [0.2, 0.25) is 0 Å². The maximum absolute atomic E-state index is 11.4. The predicted molar refractivity (Wildman–Crippen MR) is 83.6 cm³/mol. The minimum Gasteiger partial charge on any atom is -0.465 e. The van der Waals surface area contributed by atoms with Crippen LogP contribution < -0.4 is 5.32 Å². The van der Waals surface area contributed by atoms with Crippen LogP contribution in [0.1, 0.15) is 39.5 Å². The van der Waals surface area contributed by atoms with E-state index in [0.29, 0.717) is 11.6 Å². The number of ether oxygens (including phenoxy) is 1. The van der Waals surface area contributed by atoms with E-state index in [4.69, 9.17) is 4.74 Å². The van der Waals surface area contributed by atoms with Crippen LogP contribution in [0.5, 0.6) is 0 Å². The fourth-order valence-electron chi connectivity index (χ4n) is 2.89. The SMILES string of the molecule is COC(=O)c1ccc(NC2CCc3ccc(C)cc32)cc1. The van der Waals surface area contributed by atoms with Crippen molar-refractivity contribution in [3.63, 3.8) is 0 Å². The van der Waals surface area contributed by atoms with E-state index < -0.39 is 0 Å². The van der Waals surface area contributed by atoms with Crippen molar-refractivity contribution in [2.45, 2.75) is 25.8 Å². The number of aryl methyl sites for hydroxylation is 2. The highest BCUT2D eigenvalue weighted by atomic mass is 16.5. The van der Waals surface area contributed by atoms with E-state index in [1.54, 1.807) is 12.1 Å². The van der Waals surface area contributed by atoms with Crippen LogP contribution in [0.3, 0.4) is 0 Å². The molecular formula is C18H19NO2. The smallest absolute Gasteiger partial charge is 0.337 e. The number of esters is 1. The standard InChI is InChI=1S/C18H19NO2/c1-12-3-4-13-7-10-17(16(13)11-12)19-15-8-5-14(6-9-15)18(20)21-2/h3-6,8-9,11,17,19H,7,10H2,1-2H3. The molecule has 21 heavy (non-hydrogen) atoms. The highest BCUT2D eigenvalue weighted by Crippen LogP contribution is 2.34. The predicted octanol–water partition coefficient (Wildman–Crippen LogP) is 3.88. The normalized spacial score (nSPS) is 16.4. The number of rotatable bonds is 3. The molecule has 3 rings (SSSR count). The summed E-state index contributed by atoms with van der Waals surface area (Å²) in [5.41, 5.74) is 5.73. The number of carbonyl (C=O) groups is 1. The van der Waals surface area contributed by atoms with E-state index in [9.17, 15) is 4.79 Å². The van der Waals surface area contributed by atoms with E-state index >= 15 is 0 Å². The molecule has 0 saturated carbocycles. The van der Waals surface area contributed by atoms with Crippen LogP contribution in [0.25, 0.3) is 0 Å². The first-order valence-electron chi connectivity index (χ1n) is 7.22. The third-order valence-corrected chi connectivity index (χ3v) is 4.03. The molecule has 3 heteroatoms. The number of fused-ring (bicyclic) bond motifs is 1. The molecule has 0 bridgehead atoms. The molecule has 0 radical (unpaired) electrons. The molecule has 0 amide bonds. The molecule has 0 aliphatic heterocycles. The van der Waals surface area contributed by atoms with Crippen LogP contribution in [0, 0.1) is 6.92 Å². The molecule has 1 aliphatic carbocycles. The molecule has 1 atom stereocenters. The second-order valence-corrected chi connectivity index (χ2v) is 5.51. The molecule has 0 fully saturated rings. The maximum atomic E-state index is 11.4. The first-order valence-corrected chi connectivity index (χ1v) is 7.22. The van der Waals surface area contributed by atoms with Gasteiger partial charge in [-0.2, -0.15) is 0 Å². The molecule has 1 unspecified atom stereocenters. The zero-order valence-electron chi connectivity index (χ0n) is 12.3. The number of carbonyl (C=O) groups excluding carboxylic acids is 1. The van der Waals surface area contributed by atoms with Gasteiger partial charge in [-0.1, -0.05) is 23.8 Å². The zero-order chi connectivity index (χ0) is 14.8. The van der Waals surface area contributed by atoms with Gasteiger partial charge in [-0.25, -0.2) is 4.79 Å². The van der Waals surface area contributed by atoms with Crippen LogP contribution in [0.4, 0.5) is 5.69 Å². The zero-order valence-corrected chi connectivity index (χ0v) is 12.3. The van der Waals surface area contributed by atoms with Gasteiger partial charge < -0.3 is 10.1 Å². The monoisotopic (exact) mass is 281 g/mol. The Morgan fingerprint density at radius 2 is 1.95 bits per heavy atom. The molecule has 0 heterocycles. The number of hydrogen-bond donors (Lipinski definition) is 1. The minimum atomic E-state index is -0.302. The van der Waals surface area contributed by atoms with Crippen LogP contribution in [-0.4, -0.2) is 13.1 Å². The number of nitrogens with one attached hydrogen (secondary N) is 1. The van der Waals surface area contributed by atoms with E-state index in [0.717, 1.165) is 18.5 Å². The summed E-state index contributed by atoms with van der Waals surface area (Å²) < 4.78 is 4.71. The topological polar surface area (TPSA) is 38.3 Å². The van der Waals surface area contributed by atoms with Crippen molar-refractivity contribution in [1.82, 2.24) is 0 Å². The van der Waals surface area contributed by atoms with Crippen molar-refractivity contribution in [3.8, 4) is 0 Å². The molecule has 1 aliphatic rings. The van der Waals surface area contributed by atoms with Crippen molar-refractivity contribution < 1.29 is 9.53 Å². The summed E-state index contributed by atoms with van der Waals surface area (Å²) in [6.45, 7) is 2.13. The summed E-state index contributed by atoms with van der Waals surface area (Å²) in [6, 6.07) is 14.5. The molecule has 2 aromatic carbocycles. The Morgan fingerprint density at radius 1 is 1.19 bits per heavy atom. The lowest BCUT2D eigenvalue weighted by Gasteiger charge is -2.16. The Hall–Kier alpha value is -2.29. The molecule has 1 N–H and O–H groups in total. The second-order valence-electron chi connectivity index (χ2n) is 5.51. The third-order valence-electron chi connectivity index (χ3n) is 4.03. The van der Waals surface area contributed by atoms with Crippen molar-refractivity contribution in [2.24, 2.45) is 0 Å². The van der Waals surface area contributed by atoms with Crippen LogP contribution in [0.15, 0.2) is 42.5 Å². The van der Waals surface area contributed by atoms with Gasteiger partial charge >= 0.3 is 5.97 Å². The van der Waals surface area contributed by atoms with Crippen LogP contribution >= 0.6 is 0 Å². The van der Waals surface area contributed by atoms with Gasteiger partial charge in [0.05, 0.1) is 18.7 Å². The second kappa shape index (κ2) is 5.60. The molecule has 0 aromatic heterocycles. The average molecular weight is 281 g/mol. The summed E-state index contributed by atoms with van der Waals surface area (Å²) in [6.07, 6.45) is 2.23. The van der Waals surface area contributed by atoms with Gasteiger partial charge in [-0.05, 0) is 55.2 Å². The van der Waals surface area contributed by atoms with Gasteiger partial charge in [0.15, 0.2) is 0 Å².